The van der Waals surface area contributed by atoms with Gasteiger partial charge in [0.25, 0.3) is 0 Å². The number of aliphatic hydroxyl groups excluding tert-OH is 1. The van der Waals surface area contributed by atoms with Gasteiger partial charge in [0.15, 0.2) is 12.2 Å². The minimum absolute atomic E-state index is 0.0906. The largest absolute Gasteiger partial charge is 0.472 e. The summed E-state index contributed by atoms with van der Waals surface area (Å²) in [4.78, 5) is 73.0. The molecule has 3 N–H and O–H groups in total. The standard InChI is InChI=1S/C83H148O17P2/c1-5-9-13-17-21-25-29-33-36-37-38-39-42-45-48-52-56-60-64-68-81(86)94-73-78(99-82(87)69-65-61-57-53-49-43-32-28-24-20-16-12-8-4)75-97-101(89,90)95-71-77(84)72-96-102(91,92)98-76-79(100-83(88)70-66-62-58-54-50-46-41-35-31-27-23-19-15-11-7-3)74-93-80(85)67-63-59-55-51-47-44-40-34-30-26-22-18-14-10-6-2/h10,14,21-22,25-26,33-34,36,38-40,47,51,77-79,84H,5-9,11-13,15-20,23-24,27-32,35,37,41-46,48-50,52-76H2,1-4H3,(H,89,90)(H,91,92)/b14-10-,25-21-,26-22-,36-33-,39-38-,40-34-,51-47-. The first-order valence-corrected chi connectivity index (χ1v) is 43.8. The molecule has 0 aromatic carbocycles. The van der Waals surface area contributed by atoms with Gasteiger partial charge in [-0.25, -0.2) is 9.13 Å². The highest BCUT2D eigenvalue weighted by molar-refractivity contribution is 7.47. The van der Waals surface area contributed by atoms with E-state index >= 15 is 0 Å². The number of unbranched alkanes of at least 4 members (excludes halogenated alkanes) is 37. The van der Waals surface area contributed by atoms with Crippen LogP contribution in [0.25, 0.3) is 0 Å². The summed E-state index contributed by atoms with van der Waals surface area (Å²) in [6, 6.07) is 0. The Hall–Kier alpha value is -3.76. The molecular weight excluding hydrogens is 1330 g/mol. The molecule has 102 heavy (non-hydrogen) atoms. The fraction of sp³-hybridized carbons (Fsp3) is 0.783. The molecule has 5 unspecified atom stereocenters. The minimum atomic E-state index is -4.98. The van der Waals surface area contributed by atoms with E-state index in [1.54, 1.807) is 0 Å². The topological polar surface area (TPSA) is 237 Å². The van der Waals surface area contributed by atoms with Crippen molar-refractivity contribution in [2.45, 2.75) is 380 Å². The van der Waals surface area contributed by atoms with Crippen LogP contribution < -0.4 is 0 Å². The van der Waals surface area contributed by atoms with Gasteiger partial charge >= 0.3 is 39.5 Å². The molecule has 0 aromatic rings. The van der Waals surface area contributed by atoms with Gasteiger partial charge in [0.05, 0.1) is 26.4 Å². The lowest BCUT2D eigenvalue weighted by atomic mass is 10.0. The predicted molar refractivity (Wildman–Crippen MR) is 418 cm³/mol. The molecule has 0 aliphatic carbocycles. The summed E-state index contributed by atoms with van der Waals surface area (Å²) in [5.41, 5.74) is 0. The van der Waals surface area contributed by atoms with Crippen molar-refractivity contribution >= 4 is 39.5 Å². The van der Waals surface area contributed by atoms with Gasteiger partial charge in [-0.15, -0.1) is 0 Å². The van der Waals surface area contributed by atoms with Crippen LogP contribution in [0.3, 0.4) is 0 Å². The Labute approximate surface area is 621 Å². The number of hydrogen-bond donors (Lipinski definition) is 3. The Morgan fingerprint density at radius 1 is 0.284 bits per heavy atom. The van der Waals surface area contributed by atoms with E-state index in [1.165, 1.54) is 135 Å². The Morgan fingerprint density at radius 2 is 0.510 bits per heavy atom. The number of esters is 4. The summed E-state index contributed by atoms with van der Waals surface area (Å²) in [6.45, 7) is 4.74. The predicted octanol–water partition coefficient (Wildman–Crippen LogP) is 23.8. The fourth-order valence-corrected chi connectivity index (χ4v) is 12.7. The second-order valence-electron chi connectivity index (χ2n) is 27.3. The lowest BCUT2D eigenvalue weighted by molar-refractivity contribution is -0.161. The molecule has 0 aromatic heterocycles. The van der Waals surface area contributed by atoms with Crippen LogP contribution in [-0.4, -0.2) is 96.7 Å². The maximum absolute atomic E-state index is 13.1. The Kier molecular flexibility index (Phi) is 72.7. The second-order valence-corrected chi connectivity index (χ2v) is 30.3. The van der Waals surface area contributed by atoms with Crippen molar-refractivity contribution in [3.05, 3.63) is 85.1 Å². The van der Waals surface area contributed by atoms with E-state index in [0.29, 0.717) is 25.7 Å². The van der Waals surface area contributed by atoms with Crippen LogP contribution in [0.1, 0.15) is 362 Å². The van der Waals surface area contributed by atoms with Crippen LogP contribution in [-0.2, 0) is 65.4 Å². The SMILES string of the molecule is CC/C=C\C/C=C\C/C=C\C/C=C\CCCCC(=O)OCC(COP(=O)(O)OCC(O)COP(=O)(O)OCC(COC(=O)CCCCCCCC/C=C\C/C=C\C/C=C\CCCCC)OC(=O)CCCCCCCCCCCCCCC)OC(=O)CCCCCCCCCCCCCCCCC. The van der Waals surface area contributed by atoms with E-state index in [4.69, 9.17) is 37.0 Å². The first-order valence-electron chi connectivity index (χ1n) is 40.8. The highest BCUT2D eigenvalue weighted by Crippen LogP contribution is 2.45. The number of carbonyl (C=O) groups is 4. The Morgan fingerprint density at radius 3 is 0.824 bits per heavy atom. The lowest BCUT2D eigenvalue weighted by Gasteiger charge is -2.21. The highest BCUT2D eigenvalue weighted by Gasteiger charge is 2.30. The van der Waals surface area contributed by atoms with E-state index in [-0.39, 0.29) is 25.7 Å². The molecule has 0 aliphatic rings. The normalized spacial score (nSPS) is 14.3. The molecular formula is C83H148O17P2. The van der Waals surface area contributed by atoms with Crippen molar-refractivity contribution in [2.75, 3.05) is 39.6 Å². The van der Waals surface area contributed by atoms with E-state index in [0.717, 1.165) is 148 Å². The molecule has 0 bridgehead atoms. The van der Waals surface area contributed by atoms with Gasteiger partial charge in [0.2, 0.25) is 0 Å². The molecule has 0 amide bonds. The zero-order valence-corrected chi connectivity index (χ0v) is 66.6. The van der Waals surface area contributed by atoms with Gasteiger partial charge in [0, 0.05) is 25.7 Å². The first-order chi connectivity index (χ1) is 49.7. The molecule has 0 aliphatic heterocycles. The van der Waals surface area contributed by atoms with E-state index < -0.39 is 97.5 Å². The maximum atomic E-state index is 13.1. The first kappa shape index (κ1) is 98.2. The number of allylic oxidation sites excluding steroid dienone is 14. The molecule has 0 radical (unpaired) electrons. The highest BCUT2D eigenvalue weighted by atomic mass is 31.2. The van der Waals surface area contributed by atoms with Crippen LogP contribution in [0.5, 0.6) is 0 Å². The Balaban J connectivity index is 5.35. The van der Waals surface area contributed by atoms with Gasteiger partial charge in [-0.2, -0.15) is 0 Å². The van der Waals surface area contributed by atoms with Crippen molar-refractivity contribution < 1.29 is 80.2 Å². The third kappa shape index (κ3) is 74.5. The average molecular weight is 1480 g/mol. The number of rotatable bonds is 77. The molecule has 592 valence electrons. The molecule has 0 saturated carbocycles. The maximum Gasteiger partial charge on any atom is 0.472 e. The van der Waals surface area contributed by atoms with E-state index in [1.807, 2.05) is 0 Å². The summed E-state index contributed by atoms with van der Waals surface area (Å²) < 4.78 is 68.6. The summed E-state index contributed by atoms with van der Waals surface area (Å²) in [6.07, 6.45) is 78.4. The van der Waals surface area contributed by atoms with Gasteiger partial charge in [-0.05, 0) is 103 Å². The molecule has 17 nitrogen and oxygen atoms in total. The minimum Gasteiger partial charge on any atom is -0.462 e. The Bertz CT molecular complexity index is 2260. The van der Waals surface area contributed by atoms with Gasteiger partial charge in [-0.1, -0.05) is 318 Å². The van der Waals surface area contributed by atoms with Crippen LogP contribution in [0, 0.1) is 0 Å². The van der Waals surface area contributed by atoms with Gasteiger partial charge < -0.3 is 33.8 Å². The zero-order chi connectivity index (χ0) is 74.6. The number of carbonyl (C=O) groups excluding carboxylic acids is 4. The van der Waals surface area contributed by atoms with Crippen molar-refractivity contribution in [2.24, 2.45) is 0 Å². The number of hydrogen-bond acceptors (Lipinski definition) is 15. The van der Waals surface area contributed by atoms with Crippen molar-refractivity contribution in [1.82, 2.24) is 0 Å². The van der Waals surface area contributed by atoms with Crippen LogP contribution in [0.2, 0.25) is 0 Å². The second kappa shape index (κ2) is 75.5. The average Bonchev–Trinajstić information content (AvgIpc) is 0.919. The van der Waals surface area contributed by atoms with Gasteiger partial charge in [0.1, 0.15) is 19.3 Å². The molecule has 0 saturated heterocycles. The molecule has 19 heteroatoms. The summed E-state index contributed by atoms with van der Waals surface area (Å²) in [5, 5.41) is 10.6. The van der Waals surface area contributed by atoms with Crippen LogP contribution in [0.4, 0.5) is 0 Å². The number of phosphoric acid groups is 2. The van der Waals surface area contributed by atoms with E-state index in [9.17, 15) is 43.2 Å². The lowest BCUT2D eigenvalue weighted by Crippen LogP contribution is -2.30. The number of ether oxygens (including phenoxy) is 4. The van der Waals surface area contributed by atoms with Crippen molar-refractivity contribution in [3.8, 4) is 0 Å². The fourth-order valence-electron chi connectivity index (χ4n) is 11.2. The molecule has 0 rings (SSSR count). The van der Waals surface area contributed by atoms with Crippen LogP contribution >= 0.6 is 15.6 Å². The zero-order valence-electron chi connectivity index (χ0n) is 64.8. The third-order valence-electron chi connectivity index (χ3n) is 17.4. The quantitative estimate of drug-likeness (QED) is 0.0169. The van der Waals surface area contributed by atoms with Crippen LogP contribution in [0.15, 0.2) is 85.1 Å². The number of phosphoric ester groups is 2. The van der Waals surface area contributed by atoms with Crippen molar-refractivity contribution in [3.63, 3.8) is 0 Å². The third-order valence-corrected chi connectivity index (χ3v) is 19.3. The molecule has 0 spiro atoms. The summed E-state index contributed by atoms with van der Waals surface area (Å²) >= 11 is 0. The monoisotopic (exact) mass is 1480 g/mol. The summed E-state index contributed by atoms with van der Waals surface area (Å²) in [7, 11) is -9.96. The van der Waals surface area contributed by atoms with E-state index in [2.05, 4.69) is 113 Å². The van der Waals surface area contributed by atoms with Crippen molar-refractivity contribution in [1.29, 1.82) is 0 Å². The smallest absolute Gasteiger partial charge is 0.462 e. The molecule has 0 fully saturated rings. The molecule has 5 atom stereocenters. The molecule has 0 heterocycles. The number of aliphatic hydroxyl groups is 1. The summed E-state index contributed by atoms with van der Waals surface area (Å²) in [5.74, 6) is -2.21. The van der Waals surface area contributed by atoms with Gasteiger partial charge in [-0.3, -0.25) is 37.3 Å².